The fourth-order valence-electron chi connectivity index (χ4n) is 2.79. The summed E-state index contributed by atoms with van der Waals surface area (Å²) in [6.07, 6.45) is 1.76. The van der Waals surface area contributed by atoms with E-state index >= 15 is 0 Å². The van der Waals surface area contributed by atoms with Gasteiger partial charge in [0, 0.05) is 18.8 Å². The van der Waals surface area contributed by atoms with Gasteiger partial charge in [0.15, 0.2) is 17.0 Å². The summed E-state index contributed by atoms with van der Waals surface area (Å²) in [5, 5.41) is 16.8. The Kier molecular flexibility index (Phi) is 5.42. The number of nitrogens with two attached hydrogens (primary N) is 1. The van der Waals surface area contributed by atoms with Crippen LogP contribution in [0.5, 0.6) is 0 Å². The molecule has 8 nitrogen and oxygen atoms in total. The molecule has 8 heteroatoms. The number of anilines is 3. The maximum absolute atomic E-state index is 10.2. The number of aliphatic hydroxyl groups is 1. The molecule has 3 aromatic rings. The van der Waals surface area contributed by atoms with Crippen LogP contribution < -0.4 is 16.4 Å². The first kappa shape index (κ1) is 19.9. The Morgan fingerprint density at radius 2 is 2.04 bits per heavy atom. The van der Waals surface area contributed by atoms with Gasteiger partial charge in [0.05, 0.1) is 18.0 Å². The Labute approximate surface area is 165 Å². The van der Waals surface area contributed by atoms with Gasteiger partial charge in [-0.15, -0.1) is 0 Å². The van der Waals surface area contributed by atoms with Gasteiger partial charge in [-0.25, -0.2) is 4.98 Å². The fraction of sp³-hybridized carbons (Fsp3) is 0.450. The topological polar surface area (TPSA) is 114 Å². The molecule has 2 heterocycles. The number of nitrogen functional groups attached to an aromatic ring is 1. The van der Waals surface area contributed by atoms with Gasteiger partial charge in [0.25, 0.3) is 0 Å². The Hall–Kier alpha value is -2.87. The van der Waals surface area contributed by atoms with Crippen molar-refractivity contribution < 1.29 is 5.11 Å². The number of hydrogen-bond donors (Lipinski definition) is 4. The fourth-order valence-corrected chi connectivity index (χ4v) is 2.79. The number of rotatable bonds is 7. The highest BCUT2D eigenvalue weighted by Gasteiger charge is 2.24. The lowest BCUT2D eigenvalue weighted by Crippen LogP contribution is -2.39. The molecular weight excluding hydrogens is 354 g/mol. The molecule has 0 aliphatic heterocycles. The summed E-state index contributed by atoms with van der Waals surface area (Å²) in [7, 11) is 0. The lowest BCUT2D eigenvalue weighted by Gasteiger charge is -2.26. The number of aryl methyl sites for hydroxylation is 2. The van der Waals surface area contributed by atoms with Gasteiger partial charge in [0.1, 0.15) is 0 Å². The number of nitrogens with zero attached hydrogens (tertiary/aromatic N) is 4. The quantitative estimate of drug-likeness (QED) is 0.464. The number of hydrogen-bond acceptors (Lipinski definition) is 7. The molecule has 3 rings (SSSR count). The third-order valence-electron chi connectivity index (χ3n) is 4.96. The van der Waals surface area contributed by atoms with Crippen LogP contribution in [0.15, 0.2) is 24.5 Å². The van der Waals surface area contributed by atoms with Crippen molar-refractivity contribution in [2.45, 2.75) is 59.4 Å². The van der Waals surface area contributed by atoms with Crippen LogP contribution in [0.3, 0.4) is 0 Å². The minimum atomic E-state index is -0.909. The summed E-state index contributed by atoms with van der Waals surface area (Å²) in [4.78, 5) is 13.7. The van der Waals surface area contributed by atoms with Crippen molar-refractivity contribution in [1.82, 2.24) is 19.5 Å². The Bertz CT molecular complexity index is 975. The van der Waals surface area contributed by atoms with E-state index in [1.807, 2.05) is 43.5 Å². The molecule has 5 N–H and O–H groups in total. The zero-order chi connectivity index (χ0) is 20.5. The molecular formula is C20H29N7O. The van der Waals surface area contributed by atoms with Crippen molar-refractivity contribution >= 4 is 28.6 Å². The van der Waals surface area contributed by atoms with Crippen LogP contribution in [-0.4, -0.2) is 36.3 Å². The Morgan fingerprint density at radius 1 is 1.29 bits per heavy atom. The van der Waals surface area contributed by atoms with Gasteiger partial charge in [0.2, 0.25) is 5.95 Å². The first-order chi connectivity index (χ1) is 13.2. The van der Waals surface area contributed by atoms with Gasteiger partial charge in [-0.3, -0.25) is 0 Å². The highest BCUT2D eigenvalue weighted by atomic mass is 16.3. The predicted octanol–water partition coefficient (Wildman–Crippen LogP) is 2.92. The largest absolute Gasteiger partial charge is 0.398 e. The minimum absolute atomic E-state index is 0.233. The Balaban J connectivity index is 1.94. The number of aromatic nitrogens is 4. The van der Waals surface area contributed by atoms with Crippen LogP contribution in [0, 0.1) is 6.92 Å². The standard InChI is InChI=1S/C20H29N7O/c1-6-27-11-23-16-17(22-10-14-8-7-12(2)9-15(14)21)25-19(26-18(16)27)24-13(3)20(4,5)28/h7-9,11,13,28H,6,10,21H2,1-5H3,(H2,22,24,25,26). The predicted molar refractivity (Wildman–Crippen MR) is 113 cm³/mol. The lowest BCUT2D eigenvalue weighted by molar-refractivity contribution is 0.0646. The molecule has 0 amide bonds. The van der Waals surface area contributed by atoms with Crippen LogP contribution in [0.25, 0.3) is 11.2 Å². The van der Waals surface area contributed by atoms with E-state index in [1.165, 1.54) is 0 Å². The number of fused-ring (bicyclic) bond motifs is 1. The van der Waals surface area contributed by atoms with Gasteiger partial charge in [-0.1, -0.05) is 12.1 Å². The zero-order valence-corrected chi connectivity index (χ0v) is 17.1. The molecule has 0 saturated carbocycles. The summed E-state index contributed by atoms with van der Waals surface area (Å²) in [6, 6.07) is 5.77. The van der Waals surface area contributed by atoms with Crippen molar-refractivity contribution in [3.8, 4) is 0 Å². The smallest absolute Gasteiger partial charge is 0.227 e. The number of nitrogens with one attached hydrogen (secondary N) is 2. The van der Waals surface area contributed by atoms with E-state index in [2.05, 4.69) is 25.6 Å². The van der Waals surface area contributed by atoms with E-state index in [4.69, 9.17) is 5.73 Å². The third kappa shape index (κ3) is 4.17. The molecule has 0 fully saturated rings. The Morgan fingerprint density at radius 3 is 2.68 bits per heavy atom. The highest BCUT2D eigenvalue weighted by molar-refractivity contribution is 5.84. The summed E-state index contributed by atoms with van der Waals surface area (Å²) >= 11 is 0. The van der Waals surface area contributed by atoms with Gasteiger partial charge in [-0.2, -0.15) is 9.97 Å². The third-order valence-corrected chi connectivity index (χ3v) is 4.96. The van der Waals surface area contributed by atoms with Crippen molar-refractivity contribution in [2.24, 2.45) is 0 Å². The van der Waals surface area contributed by atoms with Crippen LogP contribution in [-0.2, 0) is 13.1 Å². The summed E-state index contributed by atoms with van der Waals surface area (Å²) in [6.45, 7) is 10.7. The van der Waals surface area contributed by atoms with Crippen molar-refractivity contribution in [2.75, 3.05) is 16.4 Å². The number of imidazole rings is 1. The summed E-state index contributed by atoms with van der Waals surface area (Å²) in [5.41, 5.74) is 9.52. The summed E-state index contributed by atoms with van der Waals surface area (Å²) in [5.74, 6) is 1.07. The maximum Gasteiger partial charge on any atom is 0.227 e. The van der Waals surface area contributed by atoms with Gasteiger partial charge >= 0.3 is 0 Å². The number of benzene rings is 1. The first-order valence-corrected chi connectivity index (χ1v) is 9.49. The molecule has 28 heavy (non-hydrogen) atoms. The monoisotopic (exact) mass is 383 g/mol. The molecule has 0 spiro atoms. The lowest BCUT2D eigenvalue weighted by atomic mass is 10.0. The van der Waals surface area contributed by atoms with E-state index in [1.54, 1.807) is 20.2 Å². The van der Waals surface area contributed by atoms with Crippen molar-refractivity contribution in [3.63, 3.8) is 0 Å². The summed E-state index contributed by atoms with van der Waals surface area (Å²) < 4.78 is 1.96. The average Bonchev–Trinajstić information content (AvgIpc) is 3.03. The molecule has 0 radical (unpaired) electrons. The molecule has 1 atom stereocenters. The molecule has 0 saturated heterocycles. The van der Waals surface area contributed by atoms with Crippen molar-refractivity contribution in [3.05, 3.63) is 35.7 Å². The molecule has 2 aromatic heterocycles. The first-order valence-electron chi connectivity index (χ1n) is 9.49. The van der Waals surface area contributed by atoms with E-state index in [0.717, 1.165) is 29.0 Å². The van der Waals surface area contributed by atoms with E-state index in [9.17, 15) is 5.11 Å². The molecule has 0 aliphatic carbocycles. The minimum Gasteiger partial charge on any atom is -0.398 e. The van der Waals surface area contributed by atoms with E-state index in [-0.39, 0.29) is 6.04 Å². The van der Waals surface area contributed by atoms with Gasteiger partial charge < -0.3 is 26.0 Å². The second-order valence-electron chi connectivity index (χ2n) is 7.67. The van der Waals surface area contributed by atoms with E-state index < -0.39 is 5.60 Å². The normalized spacial score (nSPS) is 12.9. The zero-order valence-electron chi connectivity index (χ0n) is 17.1. The molecule has 1 aromatic carbocycles. The molecule has 150 valence electrons. The highest BCUT2D eigenvalue weighted by Crippen LogP contribution is 2.24. The maximum atomic E-state index is 10.2. The van der Waals surface area contributed by atoms with Gasteiger partial charge in [-0.05, 0) is 51.8 Å². The molecule has 0 bridgehead atoms. The average molecular weight is 384 g/mol. The van der Waals surface area contributed by atoms with Crippen LogP contribution in [0.2, 0.25) is 0 Å². The molecule has 0 aliphatic rings. The SMILES string of the molecule is CCn1cnc2c(NCc3ccc(C)cc3N)nc(NC(C)C(C)(C)O)nc21. The second-order valence-corrected chi connectivity index (χ2v) is 7.67. The van der Waals surface area contributed by atoms with Crippen LogP contribution >= 0.6 is 0 Å². The van der Waals surface area contributed by atoms with Crippen LogP contribution in [0.4, 0.5) is 17.5 Å². The van der Waals surface area contributed by atoms with Crippen molar-refractivity contribution in [1.29, 1.82) is 0 Å². The van der Waals surface area contributed by atoms with Crippen LogP contribution in [0.1, 0.15) is 38.8 Å². The molecule has 1 unspecified atom stereocenters. The second kappa shape index (κ2) is 7.63. The van der Waals surface area contributed by atoms with E-state index in [0.29, 0.717) is 23.8 Å².